The summed E-state index contributed by atoms with van der Waals surface area (Å²) in [5.41, 5.74) is 5.52. The molecule has 0 aromatic carbocycles. The van der Waals surface area contributed by atoms with Crippen molar-refractivity contribution < 1.29 is 9.53 Å². The van der Waals surface area contributed by atoms with Crippen LogP contribution in [0.1, 0.15) is 6.42 Å². The maximum Gasteiger partial charge on any atom is 0.323 e. The minimum absolute atomic E-state index is 0.242. The molecule has 2 N–H and O–H groups in total. The molecule has 0 aliphatic rings. The van der Waals surface area contributed by atoms with E-state index in [2.05, 4.69) is 6.58 Å². The van der Waals surface area contributed by atoms with Crippen LogP contribution in [0.25, 0.3) is 0 Å². The number of ether oxygens (including phenoxy) is 1. The third-order valence-electron chi connectivity index (χ3n) is 1.28. The van der Waals surface area contributed by atoms with Gasteiger partial charge in [0, 0.05) is 0 Å². The summed E-state index contributed by atoms with van der Waals surface area (Å²) in [5.74, 6) is 0.536. The monoisotopic (exact) mass is 189 g/mol. The molecule has 0 radical (unpaired) electrons. The molecule has 0 bridgehead atoms. The van der Waals surface area contributed by atoms with Gasteiger partial charge in [-0.1, -0.05) is 12.7 Å². The molecule has 0 aromatic heterocycles. The molecule has 0 aliphatic heterocycles. The Labute approximate surface area is 77.3 Å². The molecule has 0 saturated carbocycles. The quantitative estimate of drug-likeness (QED) is 0.496. The average molecular weight is 189 g/mol. The van der Waals surface area contributed by atoms with E-state index in [9.17, 15) is 4.79 Å². The van der Waals surface area contributed by atoms with Gasteiger partial charge >= 0.3 is 5.97 Å². The van der Waals surface area contributed by atoms with Gasteiger partial charge in [0.25, 0.3) is 0 Å². The molecule has 3 nitrogen and oxygen atoms in total. The van der Waals surface area contributed by atoms with Crippen molar-refractivity contribution in [2.45, 2.75) is 12.5 Å². The highest BCUT2D eigenvalue weighted by molar-refractivity contribution is 7.98. The van der Waals surface area contributed by atoms with Crippen molar-refractivity contribution in [3.63, 3.8) is 0 Å². The molecular weight excluding hydrogens is 174 g/mol. The molecule has 1 atom stereocenters. The van der Waals surface area contributed by atoms with Crippen molar-refractivity contribution in [3.8, 4) is 0 Å². The van der Waals surface area contributed by atoms with E-state index in [1.165, 1.54) is 6.08 Å². The second kappa shape index (κ2) is 7.18. The van der Waals surface area contributed by atoms with E-state index in [-0.39, 0.29) is 12.6 Å². The molecule has 70 valence electrons. The summed E-state index contributed by atoms with van der Waals surface area (Å²) in [6, 6.07) is -0.489. The number of nitrogens with two attached hydrogens (primary N) is 1. The lowest BCUT2D eigenvalue weighted by molar-refractivity contribution is -0.143. The van der Waals surface area contributed by atoms with Crippen LogP contribution in [0.15, 0.2) is 12.7 Å². The third-order valence-corrected chi connectivity index (χ3v) is 1.92. The Kier molecular flexibility index (Phi) is 6.90. The van der Waals surface area contributed by atoms with Gasteiger partial charge in [-0.25, -0.2) is 0 Å². The van der Waals surface area contributed by atoms with Crippen LogP contribution >= 0.6 is 11.8 Å². The van der Waals surface area contributed by atoms with Crippen molar-refractivity contribution in [2.24, 2.45) is 5.73 Å². The summed E-state index contributed by atoms with van der Waals surface area (Å²) in [6.07, 6.45) is 4.16. The maximum absolute atomic E-state index is 11.0. The lowest BCUT2D eigenvalue weighted by Gasteiger charge is -2.08. The van der Waals surface area contributed by atoms with E-state index in [1.807, 2.05) is 6.26 Å². The molecule has 0 aromatic rings. The second-order valence-electron chi connectivity index (χ2n) is 2.31. The lowest BCUT2D eigenvalue weighted by Crippen LogP contribution is -2.32. The second-order valence-corrected chi connectivity index (χ2v) is 3.29. The number of esters is 1. The molecule has 12 heavy (non-hydrogen) atoms. The van der Waals surface area contributed by atoms with Gasteiger partial charge in [0.2, 0.25) is 0 Å². The van der Waals surface area contributed by atoms with Crippen molar-refractivity contribution in [2.75, 3.05) is 18.6 Å². The van der Waals surface area contributed by atoms with Gasteiger partial charge in [-0.05, 0) is 18.4 Å². The molecule has 4 heteroatoms. The minimum atomic E-state index is -0.489. The number of hydrogen-bond acceptors (Lipinski definition) is 4. The Bertz CT molecular complexity index is 150. The Hall–Kier alpha value is -0.480. The first-order valence-corrected chi connectivity index (χ1v) is 5.13. The van der Waals surface area contributed by atoms with E-state index in [1.54, 1.807) is 11.8 Å². The van der Waals surface area contributed by atoms with Crippen LogP contribution in [-0.4, -0.2) is 30.6 Å². The van der Waals surface area contributed by atoms with E-state index in [0.717, 1.165) is 5.75 Å². The van der Waals surface area contributed by atoms with Gasteiger partial charge < -0.3 is 10.5 Å². The lowest BCUT2D eigenvalue weighted by atomic mass is 10.2. The van der Waals surface area contributed by atoms with Crippen LogP contribution in [0.3, 0.4) is 0 Å². The zero-order valence-corrected chi connectivity index (χ0v) is 8.10. The largest absolute Gasteiger partial charge is 0.460 e. The van der Waals surface area contributed by atoms with Crippen molar-refractivity contribution in [1.29, 1.82) is 0 Å². The van der Waals surface area contributed by atoms with Crippen LogP contribution in [0.4, 0.5) is 0 Å². The van der Waals surface area contributed by atoms with Crippen LogP contribution in [-0.2, 0) is 9.53 Å². The Morgan fingerprint density at radius 1 is 1.83 bits per heavy atom. The van der Waals surface area contributed by atoms with Crippen molar-refractivity contribution in [1.82, 2.24) is 0 Å². The van der Waals surface area contributed by atoms with E-state index in [0.29, 0.717) is 6.42 Å². The fourth-order valence-electron chi connectivity index (χ4n) is 0.611. The fourth-order valence-corrected chi connectivity index (χ4v) is 1.10. The molecule has 1 unspecified atom stereocenters. The molecule has 0 amide bonds. The van der Waals surface area contributed by atoms with Crippen LogP contribution in [0.5, 0.6) is 0 Å². The number of hydrogen-bond donors (Lipinski definition) is 1. The molecule has 0 fully saturated rings. The summed E-state index contributed by atoms with van der Waals surface area (Å²) in [6.45, 7) is 3.67. The van der Waals surface area contributed by atoms with Crippen molar-refractivity contribution in [3.05, 3.63) is 12.7 Å². The summed E-state index contributed by atoms with van der Waals surface area (Å²) >= 11 is 1.66. The minimum Gasteiger partial charge on any atom is -0.460 e. The standard InChI is InChI=1S/C8H15NO2S/c1-3-5-11-8(10)7(9)4-6-12-2/h3,7H,1,4-6,9H2,2H3. The van der Waals surface area contributed by atoms with Gasteiger partial charge in [0.05, 0.1) is 0 Å². The highest BCUT2D eigenvalue weighted by atomic mass is 32.2. The summed E-state index contributed by atoms with van der Waals surface area (Å²) < 4.78 is 4.76. The number of carbonyl (C=O) groups excluding carboxylic acids is 1. The molecule has 0 heterocycles. The maximum atomic E-state index is 11.0. The third kappa shape index (κ3) is 5.21. The SMILES string of the molecule is C=CCOC(=O)C(N)CCSC. The summed E-state index contributed by atoms with van der Waals surface area (Å²) in [5, 5.41) is 0. The Morgan fingerprint density at radius 2 is 2.50 bits per heavy atom. The van der Waals surface area contributed by atoms with Gasteiger partial charge in [0.1, 0.15) is 12.6 Å². The molecule has 0 spiro atoms. The Balaban J connectivity index is 3.53. The first-order chi connectivity index (χ1) is 5.72. The number of thioether (sulfide) groups is 1. The molecular formula is C8H15NO2S. The topological polar surface area (TPSA) is 52.3 Å². The van der Waals surface area contributed by atoms with Crippen LogP contribution < -0.4 is 5.73 Å². The van der Waals surface area contributed by atoms with Gasteiger partial charge in [-0.2, -0.15) is 11.8 Å². The van der Waals surface area contributed by atoms with Gasteiger partial charge in [-0.3, -0.25) is 4.79 Å². The van der Waals surface area contributed by atoms with Gasteiger partial charge in [0.15, 0.2) is 0 Å². The number of rotatable bonds is 6. The highest BCUT2D eigenvalue weighted by Crippen LogP contribution is 1.99. The highest BCUT2D eigenvalue weighted by Gasteiger charge is 2.13. The number of carbonyl (C=O) groups is 1. The smallest absolute Gasteiger partial charge is 0.323 e. The van der Waals surface area contributed by atoms with E-state index < -0.39 is 6.04 Å². The molecule has 0 rings (SSSR count). The predicted octanol–water partition coefficient (Wildman–Crippen LogP) is 0.796. The van der Waals surface area contributed by atoms with Gasteiger partial charge in [-0.15, -0.1) is 0 Å². The van der Waals surface area contributed by atoms with Crippen LogP contribution in [0, 0.1) is 0 Å². The normalized spacial score (nSPS) is 12.2. The predicted molar refractivity (Wildman–Crippen MR) is 52.1 cm³/mol. The first-order valence-electron chi connectivity index (χ1n) is 3.74. The first kappa shape index (κ1) is 11.5. The van der Waals surface area contributed by atoms with Crippen LogP contribution in [0.2, 0.25) is 0 Å². The van der Waals surface area contributed by atoms with E-state index in [4.69, 9.17) is 10.5 Å². The Morgan fingerprint density at radius 3 is 3.00 bits per heavy atom. The van der Waals surface area contributed by atoms with E-state index >= 15 is 0 Å². The average Bonchev–Trinajstić information content (AvgIpc) is 2.10. The fraction of sp³-hybridized carbons (Fsp3) is 0.625. The summed E-state index contributed by atoms with van der Waals surface area (Å²) in [4.78, 5) is 11.0. The molecule has 0 saturated heterocycles. The zero-order valence-electron chi connectivity index (χ0n) is 7.29. The molecule has 0 aliphatic carbocycles. The van der Waals surface area contributed by atoms with Crippen molar-refractivity contribution >= 4 is 17.7 Å². The zero-order chi connectivity index (χ0) is 9.40. The summed E-state index contributed by atoms with van der Waals surface area (Å²) in [7, 11) is 0.